The number of fused-ring (bicyclic) bond motifs is 7. The Labute approximate surface area is 202 Å². The van der Waals surface area contributed by atoms with E-state index >= 15 is 4.39 Å². The molecule has 0 spiro atoms. The van der Waals surface area contributed by atoms with E-state index < -0.39 is 50.5 Å². The molecule has 0 radical (unpaired) electrons. The number of Topliss-reactive ketones (excluding diaryl/α,β-unsaturated/α-hetero) is 1. The Morgan fingerprint density at radius 2 is 1.84 bits per heavy atom. The molecule has 32 heavy (non-hydrogen) atoms. The molecule has 0 aromatic rings. The van der Waals surface area contributed by atoms with E-state index in [0.717, 1.165) is 0 Å². The van der Waals surface area contributed by atoms with Crippen LogP contribution in [-0.4, -0.2) is 45.5 Å². The van der Waals surface area contributed by atoms with Crippen molar-refractivity contribution in [2.24, 2.45) is 22.7 Å². The average molecular weight is 506 g/mol. The summed E-state index contributed by atoms with van der Waals surface area (Å²) in [5, 5.41) is -0.720. The second kappa shape index (κ2) is 6.60. The van der Waals surface area contributed by atoms with Crippen molar-refractivity contribution in [3.8, 4) is 0 Å². The summed E-state index contributed by atoms with van der Waals surface area (Å²) in [6, 6.07) is 0. The Kier molecular flexibility index (Phi) is 4.80. The SMILES string of the molecule is CC(=O)[C@@]12OC(C)(C)O[C@@H]1C[C@H]1[C@@H]3C[C@H](F)C4=C(Cl)C(=O)C=C[C@]4(C)[C@@]3(Cl)[C@@H](Cl)C[C@@]12C. The highest BCUT2D eigenvalue weighted by Gasteiger charge is 2.79. The third-order valence-corrected chi connectivity index (χ3v) is 11.1. The van der Waals surface area contributed by atoms with Gasteiger partial charge in [-0.3, -0.25) is 9.59 Å². The van der Waals surface area contributed by atoms with Gasteiger partial charge in [-0.2, -0.15) is 0 Å². The first-order valence-electron chi connectivity index (χ1n) is 11.2. The maximum Gasteiger partial charge on any atom is 0.196 e. The highest BCUT2D eigenvalue weighted by Crippen LogP contribution is 2.74. The Bertz CT molecular complexity index is 994. The van der Waals surface area contributed by atoms with E-state index in [-0.39, 0.29) is 34.6 Å². The van der Waals surface area contributed by atoms with Crippen molar-refractivity contribution in [3.63, 3.8) is 0 Å². The lowest BCUT2D eigenvalue weighted by Gasteiger charge is -2.64. The minimum atomic E-state index is -1.43. The molecule has 4 fully saturated rings. The molecule has 0 amide bonds. The van der Waals surface area contributed by atoms with Gasteiger partial charge in [-0.05, 0) is 63.5 Å². The van der Waals surface area contributed by atoms with Crippen molar-refractivity contribution in [2.45, 2.75) is 87.8 Å². The predicted octanol–water partition coefficient (Wildman–Crippen LogP) is 5.48. The highest BCUT2D eigenvalue weighted by molar-refractivity contribution is 6.45. The van der Waals surface area contributed by atoms with Gasteiger partial charge in [0.1, 0.15) is 6.17 Å². The van der Waals surface area contributed by atoms with Crippen LogP contribution in [0.3, 0.4) is 0 Å². The van der Waals surface area contributed by atoms with Crippen LogP contribution in [0.15, 0.2) is 22.8 Å². The van der Waals surface area contributed by atoms with Crippen LogP contribution in [0.5, 0.6) is 0 Å². The molecule has 1 saturated heterocycles. The first-order chi connectivity index (χ1) is 14.7. The third-order valence-electron chi connectivity index (χ3n) is 9.18. The lowest BCUT2D eigenvalue weighted by atomic mass is 9.46. The van der Waals surface area contributed by atoms with Crippen LogP contribution in [-0.2, 0) is 19.1 Å². The number of rotatable bonds is 1. The Morgan fingerprint density at radius 3 is 2.47 bits per heavy atom. The highest BCUT2D eigenvalue weighted by atomic mass is 35.5. The minimum Gasteiger partial charge on any atom is -0.344 e. The number of hydrogen-bond acceptors (Lipinski definition) is 4. The molecule has 5 aliphatic rings. The number of alkyl halides is 3. The van der Waals surface area contributed by atoms with Gasteiger partial charge in [-0.25, -0.2) is 4.39 Å². The molecule has 176 valence electrons. The lowest BCUT2D eigenvalue weighted by Crippen LogP contribution is -2.69. The van der Waals surface area contributed by atoms with Crippen molar-refractivity contribution in [3.05, 3.63) is 22.8 Å². The average Bonchev–Trinajstić information content (AvgIpc) is 3.08. The number of ether oxygens (including phenoxy) is 2. The smallest absolute Gasteiger partial charge is 0.196 e. The second-order valence-electron chi connectivity index (χ2n) is 11.0. The largest absolute Gasteiger partial charge is 0.344 e. The van der Waals surface area contributed by atoms with E-state index in [1.54, 1.807) is 6.08 Å². The van der Waals surface area contributed by atoms with Crippen LogP contribution in [0.4, 0.5) is 4.39 Å². The van der Waals surface area contributed by atoms with Crippen LogP contribution in [0.2, 0.25) is 0 Å². The molecule has 0 unspecified atom stereocenters. The summed E-state index contributed by atoms with van der Waals surface area (Å²) in [5.74, 6) is -1.94. The summed E-state index contributed by atoms with van der Waals surface area (Å²) in [7, 11) is 0. The van der Waals surface area contributed by atoms with Crippen molar-refractivity contribution in [1.29, 1.82) is 0 Å². The molecule has 3 saturated carbocycles. The summed E-state index contributed by atoms with van der Waals surface area (Å²) < 4.78 is 28.4. The van der Waals surface area contributed by atoms with Crippen molar-refractivity contribution >= 4 is 46.4 Å². The Balaban J connectivity index is 1.68. The fraction of sp³-hybridized carbons (Fsp3) is 0.750. The molecule has 8 heteroatoms. The van der Waals surface area contributed by atoms with E-state index in [9.17, 15) is 9.59 Å². The van der Waals surface area contributed by atoms with E-state index in [2.05, 4.69) is 0 Å². The molecule has 1 heterocycles. The quantitative estimate of drug-likeness (QED) is 0.443. The van der Waals surface area contributed by atoms with Crippen LogP contribution >= 0.6 is 34.8 Å². The fourth-order valence-electron chi connectivity index (χ4n) is 7.98. The number of carbonyl (C=O) groups excluding carboxylic acids is 2. The van der Waals surface area contributed by atoms with E-state index in [0.29, 0.717) is 12.8 Å². The van der Waals surface area contributed by atoms with Gasteiger partial charge in [0.05, 0.1) is 21.4 Å². The number of allylic oxidation sites excluding steroid dienone is 4. The number of carbonyl (C=O) groups is 2. The number of halogens is 4. The van der Waals surface area contributed by atoms with Gasteiger partial charge in [-0.1, -0.05) is 31.5 Å². The molecule has 0 aromatic heterocycles. The topological polar surface area (TPSA) is 52.6 Å². The molecular formula is C24H28Cl3FO4. The standard InChI is InChI=1S/C24H28Cl3FO4/c1-11(29)24-17(31-20(2,3)32-24)9-12-13-8-14(28)18-19(26)15(30)6-7-21(18,4)23(13,27)16(25)10-22(12,24)5/h6-7,12-14,16-17H,8-10H2,1-5H3/t12-,13-,14-,16-,17+,21-,22-,23-,24+/m0/s1. The van der Waals surface area contributed by atoms with Crippen LogP contribution in [0.1, 0.15) is 53.9 Å². The molecular weight excluding hydrogens is 478 g/mol. The van der Waals surface area contributed by atoms with Gasteiger partial charge < -0.3 is 9.47 Å². The number of hydrogen-bond donors (Lipinski definition) is 0. The second-order valence-corrected chi connectivity index (χ2v) is 12.6. The molecule has 5 rings (SSSR count). The Hall–Kier alpha value is -0.460. The zero-order valence-electron chi connectivity index (χ0n) is 18.8. The van der Waals surface area contributed by atoms with Gasteiger partial charge in [0.15, 0.2) is 23.0 Å². The monoisotopic (exact) mass is 504 g/mol. The third kappa shape index (κ3) is 2.43. The van der Waals surface area contributed by atoms with Crippen LogP contribution < -0.4 is 0 Å². The fourth-order valence-corrected chi connectivity index (χ4v) is 9.55. The predicted molar refractivity (Wildman–Crippen MR) is 121 cm³/mol. The summed E-state index contributed by atoms with van der Waals surface area (Å²) in [5.41, 5.74) is -2.65. The molecule has 0 N–H and O–H groups in total. The van der Waals surface area contributed by atoms with Gasteiger partial charge in [-0.15, -0.1) is 23.2 Å². The zero-order valence-corrected chi connectivity index (χ0v) is 21.1. The van der Waals surface area contributed by atoms with Gasteiger partial charge in [0.2, 0.25) is 0 Å². The van der Waals surface area contributed by atoms with Gasteiger partial charge in [0.25, 0.3) is 0 Å². The summed E-state index contributed by atoms with van der Waals surface area (Å²) in [6.07, 6.45) is 2.16. The molecule has 0 aromatic carbocycles. The van der Waals surface area contributed by atoms with Crippen molar-refractivity contribution < 1.29 is 23.5 Å². The Morgan fingerprint density at radius 1 is 1.19 bits per heavy atom. The normalized spacial score (nSPS) is 53.5. The summed E-state index contributed by atoms with van der Waals surface area (Å²) in [4.78, 5) is 24.3. The first kappa shape index (κ1) is 23.3. The molecule has 9 atom stereocenters. The zero-order chi connectivity index (χ0) is 23.6. The van der Waals surface area contributed by atoms with Crippen LogP contribution in [0.25, 0.3) is 0 Å². The van der Waals surface area contributed by atoms with Crippen LogP contribution in [0, 0.1) is 22.7 Å². The summed E-state index contributed by atoms with van der Waals surface area (Å²) >= 11 is 20.9. The number of ketones is 2. The van der Waals surface area contributed by atoms with Crippen molar-refractivity contribution in [1.82, 2.24) is 0 Å². The van der Waals surface area contributed by atoms with Crippen molar-refractivity contribution in [2.75, 3.05) is 0 Å². The van der Waals surface area contributed by atoms with E-state index in [1.807, 2.05) is 27.7 Å². The molecule has 0 bridgehead atoms. The molecule has 4 aliphatic carbocycles. The van der Waals surface area contributed by atoms with Gasteiger partial charge >= 0.3 is 0 Å². The maximum atomic E-state index is 15.7. The molecule has 4 nitrogen and oxygen atoms in total. The van der Waals surface area contributed by atoms with E-state index in [1.165, 1.54) is 13.0 Å². The van der Waals surface area contributed by atoms with E-state index in [4.69, 9.17) is 44.3 Å². The maximum absolute atomic E-state index is 15.7. The van der Waals surface area contributed by atoms with Gasteiger partial charge in [0, 0.05) is 10.8 Å². The summed E-state index contributed by atoms with van der Waals surface area (Å²) in [6.45, 7) is 8.99. The first-order valence-corrected chi connectivity index (χ1v) is 12.3. The lowest BCUT2D eigenvalue weighted by molar-refractivity contribution is -0.212. The molecule has 1 aliphatic heterocycles. The minimum absolute atomic E-state index is 0.0827.